The fraction of sp³-hybridized carbons (Fsp3) is 0.875. The Bertz CT molecular complexity index is 392. The summed E-state index contributed by atoms with van der Waals surface area (Å²) >= 11 is 0. The maximum atomic E-state index is 12.7. The predicted molar refractivity (Wildman–Crippen MR) is 78.9 cm³/mol. The molecule has 2 fully saturated rings. The molecule has 2 saturated heterocycles. The lowest BCUT2D eigenvalue weighted by atomic mass is 9.74. The Balaban J connectivity index is 2.11. The van der Waals surface area contributed by atoms with Crippen LogP contribution in [0.15, 0.2) is 0 Å². The van der Waals surface area contributed by atoms with Gasteiger partial charge in [0.25, 0.3) is 0 Å². The molecule has 0 spiro atoms. The molecule has 2 aliphatic heterocycles. The van der Waals surface area contributed by atoms with Crippen molar-refractivity contribution in [3.05, 3.63) is 0 Å². The fourth-order valence-corrected chi connectivity index (χ4v) is 3.81. The molecule has 0 aromatic heterocycles. The van der Waals surface area contributed by atoms with E-state index in [1.165, 1.54) is 0 Å². The first-order valence-electron chi connectivity index (χ1n) is 8.15. The number of likely N-dealkylation sites (tertiary alicyclic amines) is 1. The molecule has 2 heterocycles. The molecule has 0 aromatic rings. The minimum absolute atomic E-state index is 0.0481. The van der Waals surface area contributed by atoms with Crippen LogP contribution in [0.2, 0.25) is 0 Å². The second kappa shape index (κ2) is 6.77. The zero-order valence-electron chi connectivity index (χ0n) is 13.1. The molecule has 0 unspecified atom stereocenters. The highest BCUT2D eigenvalue weighted by molar-refractivity contribution is 5.82. The monoisotopic (exact) mass is 297 g/mol. The number of carboxylic acid groups (broad SMARTS) is 1. The third kappa shape index (κ3) is 3.07. The number of aliphatic carboxylic acids is 1. The molecule has 1 N–H and O–H groups in total. The standard InChI is InChI=1S/C16H27NO4/c1-3-5-12(6-4-2)14(18)17-9-13-10-21-8-7-16(13,11-17)15(19)20/h12-13H,3-11H2,1-2H3,(H,19,20)/t13-,16+/m0/s1. The van der Waals surface area contributed by atoms with E-state index < -0.39 is 11.4 Å². The number of carbonyl (C=O) groups excluding carboxylic acids is 1. The summed E-state index contributed by atoms with van der Waals surface area (Å²) in [6, 6.07) is 0. The zero-order chi connectivity index (χ0) is 15.5. The summed E-state index contributed by atoms with van der Waals surface area (Å²) in [5.74, 6) is -0.633. The molecule has 2 aliphatic rings. The SMILES string of the molecule is CCCC(CCC)C(=O)N1C[C@H]2COCC[C@@]2(C(=O)O)C1. The smallest absolute Gasteiger partial charge is 0.311 e. The Morgan fingerprint density at radius 3 is 2.52 bits per heavy atom. The van der Waals surface area contributed by atoms with Crippen molar-refractivity contribution in [1.82, 2.24) is 4.90 Å². The number of hydrogen-bond donors (Lipinski definition) is 1. The number of nitrogens with zero attached hydrogens (tertiary/aromatic N) is 1. The summed E-state index contributed by atoms with van der Waals surface area (Å²) in [7, 11) is 0. The molecule has 2 rings (SSSR count). The highest BCUT2D eigenvalue weighted by atomic mass is 16.5. The predicted octanol–water partition coefficient (Wildman–Crippen LogP) is 2.15. The van der Waals surface area contributed by atoms with Gasteiger partial charge in [-0.3, -0.25) is 9.59 Å². The Labute approximate surface area is 126 Å². The molecule has 5 nitrogen and oxygen atoms in total. The van der Waals surface area contributed by atoms with Gasteiger partial charge < -0.3 is 14.7 Å². The summed E-state index contributed by atoms with van der Waals surface area (Å²) in [5, 5.41) is 9.65. The number of ether oxygens (including phenoxy) is 1. The lowest BCUT2D eigenvalue weighted by Gasteiger charge is -2.34. The van der Waals surface area contributed by atoms with Crippen LogP contribution in [0.25, 0.3) is 0 Å². The van der Waals surface area contributed by atoms with Crippen molar-refractivity contribution in [3.63, 3.8) is 0 Å². The number of carbonyl (C=O) groups is 2. The van der Waals surface area contributed by atoms with Gasteiger partial charge in [-0.2, -0.15) is 0 Å². The molecular weight excluding hydrogens is 270 g/mol. The van der Waals surface area contributed by atoms with Crippen molar-refractivity contribution in [1.29, 1.82) is 0 Å². The van der Waals surface area contributed by atoms with Gasteiger partial charge in [0.15, 0.2) is 0 Å². The summed E-state index contributed by atoms with van der Waals surface area (Å²) < 4.78 is 5.44. The molecule has 1 amide bonds. The van der Waals surface area contributed by atoms with Crippen molar-refractivity contribution in [3.8, 4) is 0 Å². The fourth-order valence-electron chi connectivity index (χ4n) is 3.81. The third-order valence-electron chi connectivity index (χ3n) is 5.07. The average Bonchev–Trinajstić information content (AvgIpc) is 2.87. The van der Waals surface area contributed by atoms with E-state index in [1.807, 2.05) is 0 Å². The van der Waals surface area contributed by atoms with E-state index in [0.29, 0.717) is 32.7 Å². The summed E-state index contributed by atoms with van der Waals surface area (Å²) in [5.41, 5.74) is -0.781. The van der Waals surface area contributed by atoms with Crippen LogP contribution >= 0.6 is 0 Å². The molecule has 5 heteroatoms. The first kappa shape index (κ1) is 16.3. The number of carboxylic acids is 1. The summed E-state index contributed by atoms with van der Waals surface area (Å²) in [6.45, 7) is 6.02. The second-order valence-corrected chi connectivity index (χ2v) is 6.48. The number of fused-ring (bicyclic) bond motifs is 1. The summed E-state index contributed by atoms with van der Waals surface area (Å²) in [4.78, 5) is 26.3. The number of hydrogen-bond acceptors (Lipinski definition) is 3. The van der Waals surface area contributed by atoms with E-state index in [2.05, 4.69) is 13.8 Å². The van der Waals surface area contributed by atoms with Gasteiger partial charge in [0.05, 0.1) is 12.0 Å². The maximum Gasteiger partial charge on any atom is 0.311 e. The van der Waals surface area contributed by atoms with Crippen LogP contribution in [0.5, 0.6) is 0 Å². The Morgan fingerprint density at radius 1 is 1.33 bits per heavy atom. The second-order valence-electron chi connectivity index (χ2n) is 6.48. The van der Waals surface area contributed by atoms with Gasteiger partial charge in [-0.15, -0.1) is 0 Å². The van der Waals surface area contributed by atoms with E-state index in [4.69, 9.17) is 4.74 Å². The minimum Gasteiger partial charge on any atom is -0.481 e. The van der Waals surface area contributed by atoms with Crippen molar-refractivity contribution in [2.75, 3.05) is 26.3 Å². The molecule has 120 valence electrons. The van der Waals surface area contributed by atoms with Crippen molar-refractivity contribution < 1.29 is 19.4 Å². The van der Waals surface area contributed by atoms with E-state index >= 15 is 0 Å². The Kier molecular flexibility index (Phi) is 5.25. The normalized spacial score (nSPS) is 28.7. The van der Waals surface area contributed by atoms with E-state index in [0.717, 1.165) is 25.7 Å². The molecular formula is C16H27NO4. The first-order chi connectivity index (χ1) is 10.0. The number of rotatable bonds is 6. The van der Waals surface area contributed by atoms with Gasteiger partial charge in [-0.25, -0.2) is 0 Å². The van der Waals surface area contributed by atoms with Gasteiger partial charge in [0.2, 0.25) is 5.91 Å². The van der Waals surface area contributed by atoms with Gasteiger partial charge in [-0.1, -0.05) is 26.7 Å². The van der Waals surface area contributed by atoms with Crippen LogP contribution in [-0.4, -0.2) is 48.2 Å². The van der Waals surface area contributed by atoms with Crippen LogP contribution in [0.3, 0.4) is 0 Å². The Morgan fingerprint density at radius 2 is 2.00 bits per heavy atom. The minimum atomic E-state index is -0.781. The highest BCUT2D eigenvalue weighted by Crippen LogP contribution is 2.43. The molecule has 0 aliphatic carbocycles. The molecule has 0 saturated carbocycles. The van der Waals surface area contributed by atoms with Crippen LogP contribution in [-0.2, 0) is 14.3 Å². The van der Waals surface area contributed by atoms with Crippen LogP contribution in [0.4, 0.5) is 0 Å². The quantitative estimate of drug-likeness (QED) is 0.816. The van der Waals surface area contributed by atoms with Crippen LogP contribution in [0.1, 0.15) is 46.0 Å². The van der Waals surface area contributed by atoms with Crippen LogP contribution < -0.4 is 0 Å². The lowest BCUT2D eigenvalue weighted by Crippen LogP contribution is -2.45. The van der Waals surface area contributed by atoms with Gasteiger partial charge in [-0.05, 0) is 19.3 Å². The molecule has 0 bridgehead atoms. The third-order valence-corrected chi connectivity index (χ3v) is 5.07. The Hall–Kier alpha value is -1.10. The average molecular weight is 297 g/mol. The summed E-state index contributed by atoms with van der Waals surface area (Å²) in [6.07, 6.45) is 4.28. The molecule has 21 heavy (non-hydrogen) atoms. The van der Waals surface area contributed by atoms with Crippen molar-refractivity contribution >= 4 is 11.9 Å². The van der Waals surface area contributed by atoms with E-state index in [1.54, 1.807) is 4.90 Å². The maximum absolute atomic E-state index is 12.7. The molecule has 2 atom stereocenters. The lowest BCUT2D eigenvalue weighted by molar-refractivity contribution is -0.157. The largest absolute Gasteiger partial charge is 0.481 e. The van der Waals surface area contributed by atoms with Crippen LogP contribution in [0, 0.1) is 17.3 Å². The van der Waals surface area contributed by atoms with Crippen molar-refractivity contribution in [2.24, 2.45) is 17.3 Å². The highest BCUT2D eigenvalue weighted by Gasteiger charge is 2.55. The van der Waals surface area contributed by atoms with Gasteiger partial charge in [0, 0.05) is 31.5 Å². The topological polar surface area (TPSA) is 66.8 Å². The van der Waals surface area contributed by atoms with Gasteiger partial charge >= 0.3 is 5.97 Å². The first-order valence-corrected chi connectivity index (χ1v) is 8.15. The zero-order valence-corrected chi connectivity index (χ0v) is 13.1. The molecule has 0 aromatic carbocycles. The molecule has 0 radical (unpaired) electrons. The van der Waals surface area contributed by atoms with E-state index in [-0.39, 0.29) is 17.7 Å². The van der Waals surface area contributed by atoms with Gasteiger partial charge in [0.1, 0.15) is 0 Å². The van der Waals surface area contributed by atoms with E-state index in [9.17, 15) is 14.7 Å². The number of amides is 1. The van der Waals surface area contributed by atoms with Crippen molar-refractivity contribution in [2.45, 2.75) is 46.0 Å².